The third kappa shape index (κ3) is 1.68. The van der Waals surface area contributed by atoms with Crippen LogP contribution in [0.4, 0.5) is 0 Å². The van der Waals surface area contributed by atoms with Crippen LogP contribution >= 0.6 is 0 Å². The maximum absolute atomic E-state index is 5.68. The zero-order valence-corrected chi connectivity index (χ0v) is 9.18. The van der Waals surface area contributed by atoms with Crippen molar-refractivity contribution in [2.45, 2.75) is 20.4 Å². The van der Waals surface area contributed by atoms with E-state index in [1.54, 1.807) is 14.2 Å². The third-order valence-electron chi connectivity index (χ3n) is 2.43. The van der Waals surface area contributed by atoms with E-state index in [-0.39, 0.29) is 0 Å². The Balaban J connectivity index is 3.40. The van der Waals surface area contributed by atoms with E-state index in [1.807, 2.05) is 19.9 Å². The molecule has 0 saturated carbocycles. The number of rotatable bonds is 3. The second-order valence-electron chi connectivity index (χ2n) is 3.24. The zero-order valence-electron chi connectivity index (χ0n) is 9.18. The molecule has 78 valence electrons. The standard InChI is InChI=1S/C11H17NO2/c1-7-5-10(13-3)8(2)9(6-12)11(7)14-4/h5H,6,12H2,1-4H3. The Labute approximate surface area is 84.8 Å². The van der Waals surface area contributed by atoms with Gasteiger partial charge in [-0.25, -0.2) is 0 Å². The van der Waals surface area contributed by atoms with Crippen LogP contribution in [0.15, 0.2) is 6.07 Å². The highest BCUT2D eigenvalue weighted by molar-refractivity contribution is 5.52. The van der Waals surface area contributed by atoms with E-state index in [0.29, 0.717) is 6.54 Å². The molecular weight excluding hydrogens is 178 g/mol. The van der Waals surface area contributed by atoms with E-state index in [9.17, 15) is 0 Å². The number of ether oxygens (including phenoxy) is 2. The first-order valence-corrected chi connectivity index (χ1v) is 4.56. The van der Waals surface area contributed by atoms with E-state index in [2.05, 4.69) is 0 Å². The fourth-order valence-electron chi connectivity index (χ4n) is 1.67. The van der Waals surface area contributed by atoms with Gasteiger partial charge in [-0.05, 0) is 31.0 Å². The maximum Gasteiger partial charge on any atom is 0.126 e. The van der Waals surface area contributed by atoms with Crippen LogP contribution in [0.1, 0.15) is 16.7 Å². The number of nitrogens with two attached hydrogens (primary N) is 1. The number of aryl methyl sites for hydroxylation is 1. The molecule has 0 radical (unpaired) electrons. The van der Waals surface area contributed by atoms with Crippen molar-refractivity contribution in [3.63, 3.8) is 0 Å². The molecule has 0 aliphatic heterocycles. The van der Waals surface area contributed by atoms with Gasteiger partial charge in [0, 0.05) is 12.1 Å². The molecule has 0 spiro atoms. The summed E-state index contributed by atoms with van der Waals surface area (Å²) in [5.74, 6) is 1.73. The van der Waals surface area contributed by atoms with Crippen molar-refractivity contribution in [2.75, 3.05) is 14.2 Å². The highest BCUT2D eigenvalue weighted by atomic mass is 16.5. The van der Waals surface area contributed by atoms with Crippen molar-refractivity contribution >= 4 is 0 Å². The molecule has 0 amide bonds. The molecule has 14 heavy (non-hydrogen) atoms. The van der Waals surface area contributed by atoms with Crippen LogP contribution in [0.2, 0.25) is 0 Å². The smallest absolute Gasteiger partial charge is 0.126 e. The summed E-state index contributed by atoms with van der Waals surface area (Å²) in [5.41, 5.74) is 8.81. The minimum atomic E-state index is 0.465. The van der Waals surface area contributed by atoms with E-state index >= 15 is 0 Å². The van der Waals surface area contributed by atoms with Gasteiger partial charge < -0.3 is 15.2 Å². The number of benzene rings is 1. The molecule has 0 heterocycles. The summed E-state index contributed by atoms with van der Waals surface area (Å²) < 4.78 is 10.6. The van der Waals surface area contributed by atoms with E-state index in [1.165, 1.54) is 0 Å². The maximum atomic E-state index is 5.68. The summed E-state index contributed by atoms with van der Waals surface area (Å²) in [7, 11) is 3.32. The Bertz CT molecular complexity index is 335. The quantitative estimate of drug-likeness (QED) is 0.799. The summed E-state index contributed by atoms with van der Waals surface area (Å²) >= 11 is 0. The van der Waals surface area contributed by atoms with Crippen LogP contribution in [0.5, 0.6) is 11.5 Å². The Kier molecular flexibility index (Phi) is 3.36. The monoisotopic (exact) mass is 195 g/mol. The van der Waals surface area contributed by atoms with E-state index in [4.69, 9.17) is 15.2 Å². The van der Waals surface area contributed by atoms with E-state index < -0.39 is 0 Å². The summed E-state index contributed by atoms with van der Waals surface area (Å²) in [4.78, 5) is 0. The number of hydrogen-bond donors (Lipinski definition) is 1. The van der Waals surface area contributed by atoms with Crippen molar-refractivity contribution in [2.24, 2.45) is 5.73 Å². The van der Waals surface area contributed by atoms with Gasteiger partial charge in [0.25, 0.3) is 0 Å². The number of methoxy groups -OCH3 is 2. The Hall–Kier alpha value is -1.22. The average Bonchev–Trinajstić information content (AvgIpc) is 2.20. The van der Waals surface area contributed by atoms with Gasteiger partial charge in [0.2, 0.25) is 0 Å². The topological polar surface area (TPSA) is 44.5 Å². The second kappa shape index (κ2) is 4.33. The zero-order chi connectivity index (χ0) is 10.7. The van der Waals surface area contributed by atoms with Crippen molar-refractivity contribution in [3.8, 4) is 11.5 Å². The fraction of sp³-hybridized carbons (Fsp3) is 0.455. The Morgan fingerprint density at radius 3 is 2.29 bits per heavy atom. The largest absolute Gasteiger partial charge is 0.496 e. The molecule has 0 aromatic heterocycles. The first-order valence-electron chi connectivity index (χ1n) is 4.56. The summed E-state index contributed by atoms with van der Waals surface area (Å²) in [6.07, 6.45) is 0. The van der Waals surface area contributed by atoms with E-state index in [0.717, 1.165) is 28.2 Å². The highest BCUT2D eigenvalue weighted by Crippen LogP contribution is 2.32. The van der Waals surface area contributed by atoms with Crippen LogP contribution in [-0.4, -0.2) is 14.2 Å². The molecule has 1 aromatic carbocycles. The SMILES string of the molecule is COc1cc(C)c(OC)c(CN)c1C. The first kappa shape index (κ1) is 10.9. The van der Waals surface area contributed by atoms with Gasteiger partial charge >= 0.3 is 0 Å². The average molecular weight is 195 g/mol. The van der Waals surface area contributed by atoms with Gasteiger partial charge in [0.05, 0.1) is 14.2 Å². The molecule has 0 aliphatic rings. The lowest BCUT2D eigenvalue weighted by molar-refractivity contribution is 0.393. The minimum Gasteiger partial charge on any atom is -0.496 e. The molecule has 0 fully saturated rings. The first-order chi connectivity index (χ1) is 6.65. The molecule has 0 unspecified atom stereocenters. The van der Waals surface area contributed by atoms with Crippen molar-refractivity contribution in [1.82, 2.24) is 0 Å². The van der Waals surface area contributed by atoms with Crippen LogP contribution in [-0.2, 0) is 6.54 Å². The molecule has 1 aromatic rings. The van der Waals surface area contributed by atoms with Crippen LogP contribution in [0.3, 0.4) is 0 Å². The van der Waals surface area contributed by atoms with Crippen LogP contribution in [0, 0.1) is 13.8 Å². The van der Waals surface area contributed by atoms with Gasteiger partial charge in [-0.15, -0.1) is 0 Å². The lowest BCUT2D eigenvalue weighted by Gasteiger charge is -2.16. The molecule has 0 aliphatic carbocycles. The fourth-order valence-corrected chi connectivity index (χ4v) is 1.67. The highest BCUT2D eigenvalue weighted by Gasteiger charge is 2.12. The lowest BCUT2D eigenvalue weighted by atomic mass is 10.0. The summed E-state index contributed by atoms with van der Waals surface area (Å²) in [6, 6.07) is 1.97. The van der Waals surface area contributed by atoms with Gasteiger partial charge in [-0.3, -0.25) is 0 Å². The second-order valence-corrected chi connectivity index (χ2v) is 3.24. The summed E-state index contributed by atoms with van der Waals surface area (Å²) in [6.45, 7) is 4.44. The van der Waals surface area contributed by atoms with Gasteiger partial charge in [-0.2, -0.15) is 0 Å². The predicted molar refractivity (Wildman–Crippen MR) is 56.9 cm³/mol. The van der Waals surface area contributed by atoms with Crippen molar-refractivity contribution in [3.05, 3.63) is 22.8 Å². The molecule has 3 heteroatoms. The molecule has 2 N–H and O–H groups in total. The molecule has 0 bridgehead atoms. The van der Waals surface area contributed by atoms with Crippen LogP contribution in [0.25, 0.3) is 0 Å². The molecule has 1 rings (SSSR count). The molecule has 3 nitrogen and oxygen atoms in total. The van der Waals surface area contributed by atoms with Gasteiger partial charge in [0.15, 0.2) is 0 Å². The van der Waals surface area contributed by atoms with Crippen molar-refractivity contribution < 1.29 is 9.47 Å². The normalized spacial score (nSPS) is 10.1. The molecule has 0 atom stereocenters. The minimum absolute atomic E-state index is 0.465. The van der Waals surface area contributed by atoms with Crippen LogP contribution < -0.4 is 15.2 Å². The predicted octanol–water partition coefficient (Wildman–Crippen LogP) is 1.78. The molecule has 0 saturated heterocycles. The van der Waals surface area contributed by atoms with Gasteiger partial charge in [-0.1, -0.05) is 0 Å². The summed E-state index contributed by atoms with van der Waals surface area (Å²) in [5, 5.41) is 0. The Morgan fingerprint density at radius 2 is 1.86 bits per heavy atom. The number of hydrogen-bond acceptors (Lipinski definition) is 3. The van der Waals surface area contributed by atoms with Gasteiger partial charge in [0.1, 0.15) is 11.5 Å². The van der Waals surface area contributed by atoms with Crippen molar-refractivity contribution in [1.29, 1.82) is 0 Å². The Morgan fingerprint density at radius 1 is 1.21 bits per heavy atom. The third-order valence-corrected chi connectivity index (χ3v) is 2.43. The molecular formula is C11H17NO2. The lowest BCUT2D eigenvalue weighted by Crippen LogP contribution is -2.05.